The number of amides is 2. The fraction of sp³-hybridized carbons (Fsp3) is 0.514. The quantitative estimate of drug-likeness (QED) is 0.0755. The molecule has 1 aromatic heterocycles. The summed E-state index contributed by atoms with van der Waals surface area (Å²) in [6.45, 7) is 17.1. The zero-order valence-electron chi connectivity index (χ0n) is 30.2. The standard InChI is InChI=1S/C37H52N10O3/c1-6-46(7-2)21-11-10-13-32-41-33(43-37(42-32)38-20-12-22-47(8-3)9-4)23-27-14-17-29(18-15-27)44-45-35(26(5)48)36(50)39-30-19-16-28-24-34(49)40-31(28)25-30/h14-19,25,35H,6-13,20-24H2,1-5H3,(H,39,50)(H,40,49)(H,38,41,42,43). The highest BCUT2D eigenvalue weighted by molar-refractivity contribution is 6.10. The van der Waals surface area contributed by atoms with E-state index in [1.54, 1.807) is 30.3 Å². The van der Waals surface area contributed by atoms with E-state index in [9.17, 15) is 14.4 Å². The van der Waals surface area contributed by atoms with Gasteiger partial charge in [-0.05, 0) is 101 Å². The Kier molecular flexibility index (Phi) is 14.9. The molecule has 0 aliphatic carbocycles. The molecule has 4 rings (SSSR count). The van der Waals surface area contributed by atoms with E-state index in [0.717, 1.165) is 88.4 Å². The molecule has 0 saturated carbocycles. The normalized spacial score (nSPS) is 13.1. The van der Waals surface area contributed by atoms with Gasteiger partial charge < -0.3 is 25.8 Å². The predicted molar refractivity (Wildman–Crippen MR) is 197 cm³/mol. The molecule has 1 aliphatic rings. The molecule has 13 nitrogen and oxygen atoms in total. The number of carbonyl (C=O) groups is 3. The van der Waals surface area contributed by atoms with Crippen molar-refractivity contribution in [3.05, 3.63) is 65.2 Å². The SMILES string of the molecule is CCN(CC)CCCCc1nc(Cc2ccc(N=NC(C(C)=O)C(=O)Nc3ccc4c(c3)NC(=O)C4)cc2)nc(NCCCN(CC)CC)n1. The largest absolute Gasteiger partial charge is 0.354 e. The van der Waals surface area contributed by atoms with Crippen LogP contribution in [0.3, 0.4) is 0 Å². The summed E-state index contributed by atoms with van der Waals surface area (Å²) in [5.74, 6) is 0.963. The number of Topliss-reactive ketones (excluding diaryl/α,β-unsaturated/α-hetero) is 1. The monoisotopic (exact) mass is 684 g/mol. The average Bonchev–Trinajstić information content (AvgIpc) is 3.48. The van der Waals surface area contributed by atoms with Crippen molar-refractivity contribution in [1.82, 2.24) is 24.8 Å². The van der Waals surface area contributed by atoms with Crippen molar-refractivity contribution in [2.24, 2.45) is 10.2 Å². The first kappa shape index (κ1) is 38.2. The predicted octanol–water partition coefficient (Wildman–Crippen LogP) is 5.45. The lowest BCUT2D eigenvalue weighted by atomic mass is 10.1. The van der Waals surface area contributed by atoms with Gasteiger partial charge in [0.25, 0.3) is 5.91 Å². The summed E-state index contributed by atoms with van der Waals surface area (Å²) in [5.41, 5.74) is 3.45. The van der Waals surface area contributed by atoms with Crippen LogP contribution in [-0.2, 0) is 33.6 Å². The van der Waals surface area contributed by atoms with Crippen LogP contribution in [0.15, 0.2) is 52.7 Å². The Balaban J connectivity index is 1.39. The molecule has 2 aromatic carbocycles. The molecule has 0 saturated heterocycles. The third-order valence-electron chi connectivity index (χ3n) is 8.80. The molecular formula is C37H52N10O3. The van der Waals surface area contributed by atoms with E-state index in [0.29, 0.717) is 41.7 Å². The number of hydrogen-bond acceptors (Lipinski definition) is 11. The highest BCUT2D eigenvalue weighted by Crippen LogP contribution is 2.26. The van der Waals surface area contributed by atoms with Crippen LogP contribution in [0.25, 0.3) is 0 Å². The molecule has 0 spiro atoms. The Morgan fingerprint density at radius 1 is 0.880 bits per heavy atom. The summed E-state index contributed by atoms with van der Waals surface area (Å²) in [5, 5.41) is 17.2. The summed E-state index contributed by atoms with van der Waals surface area (Å²) in [6, 6.07) is 11.2. The second kappa shape index (κ2) is 19.5. The third-order valence-corrected chi connectivity index (χ3v) is 8.80. The van der Waals surface area contributed by atoms with Crippen LogP contribution in [0.5, 0.6) is 0 Å². The number of aromatic nitrogens is 3. The first-order valence-electron chi connectivity index (χ1n) is 17.9. The highest BCUT2D eigenvalue weighted by atomic mass is 16.2. The van der Waals surface area contributed by atoms with Gasteiger partial charge in [0.15, 0.2) is 5.78 Å². The number of benzene rings is 2. The van der Waals surface area contributed by atoms with Crippen LogP contribution in [0, 0.1) is 0 Å². The summed E-state index contributed by atoms with van der Waals surface area (Å²) in [7, 11) is 0. The summed E-state index contributed by atoms with van der Waals surface area (Å²) in [6.07, 6.45) is 4.70. The van der Waals surface area contributed by atoms with Gasteiger partial charge in [-0.25, -0.2) is 4.98 Å². The van der Waals surface area contributed by atoms with Crippen LogP contribution in [0.4, 0.5) is 23.0 Å². The maximum absolute atomic E-state index is 12.9. The van der Waals surface area contributed by atoms with E-state index in [2.05, 4.69) is 63.7 Å². The number of aryl methyl sites for hydroxylation is 1. The maximum Gasteiger partial charge on any atom is 0.258 e. The molecule has 1 atom stereocenters. The van der Waals surface area contributed by atoms with Crippen molar-refractivity contribution in [2.45, 2.75) is 79.2 Å². The third kappa shape index (κ3) is 11.8. The molecule has 3 aromatic rings. The highest BCUT2D eigenvalue weighted by Gasteiger charge is 2.24. The number of anilines is 3. The topological polar surface area (TPSA) is 157 Å². The Morgan fingerprint density at radius 3 is 2.24 bits per heavy atom. The minimum atomic E-state index is -1.31. The van der Waals surface area contributed by atoms with Crippen molar-refractivity contribution in [1.29, 1.82) is 0 Å². The Bertz CT molecular complexity index is 1570. The number of rotatable bonds is 21. The van der Waals surface area contributed by atoms with Gasteiger partial charge in [-0.15, -0.1) is 0 Å². The van der Waals surface area contributed by atoms with Crippen LogP contribution in [0.2, 0.25) is 0 Å². The number of ketones is 1. The summed E-state index contributed by atoms with van der Waals surface area (Å²) >= 11 is 0. The molecule has 13 heteroatoms. The smallest absolute Gasteiger partial charge is 0.258 e. The number of nitrogens with zero attached hydrogens (tertiary/aromatic N) is 7. The van der Waals surface area contributed by atoms with Gasteiger partial charge in [-0.1, -0.05) is 45.9 Å². The maximum atomic E-state index is 12.9. The van der Waals surface area contributed by atoms with Gasteiger partial charge in [0.2, 0.25) is 17.9 Å². The van der Waals surface area contributed by atoms with Gasteiger partial charge in [0.1, 0.15) is 11.6 Å². The lowest BCUT2D eigenvalue weighted by Crippen LogP contribution is -2.31. The van der Waals surface area contributed by atoms with E-state index in [-0.39, 0.29) is 5.91 Å². The van der Waals surface area contributed by atoms with Crippen molar-refractivity contribution < 1.29 is 14.4 Å². The van der Waals surface area contributed by atoms with Crippen molar-refractivity contribution in [3.8, 4) is 0 Å². The fourth-order valence-electron chi connectivity index (χ4n) is 5.75. The molecule has 0 bridgehead atoms. The molecule has 3 N–H and O–H groups in total. The molecule has 0 radical (unpaired) electrons. The molecule has 1 unspecified atom stereocenters. The minimum Gasteiger partial charge on any atom is -0.354 e. The zero-order chi connectivity index (χ0) is 35.9. The van der Waals surface area contributed by atoms with E-state index in [1.807, 2.05) is 12.1 Å². The summed E-state index contributed by atoms with van der Waals surface area (Å²) in [4.78, 5) is 56.1. The molecular weight excluding hydrogens is 632 g/mol. The van der Waals surface area contributed by atoms with E-state index in [1.165, 1.54) is 6.92 Å². The van der Waals surface area contributed by atoms with Crippen LogP contribution in [-0.4, -0.2) is 94.2 Å². The zero-order valence-corrected chi connectivity index (χ0v) is 30.2. The summed E-state index contributed by atoms with van der Waals surface area (Å²) < 4.78 is 0. The van der Waals surface area contributed by atoms with Crippen molar-refractivity contribution in [2.75, 3.05) is 61.8 Å². The average molecular weight is 685 g/mol. The lowest BCUT2D eigenvalue weighted by molar-refractivity contribution is -0.126. The van der Waals surface area contributed by atoms with E-state index < -0.39 is 17.7 Å². The van der Waals surface area contributed by atoms with Crippen LogP contribution >= 0.6 is 0 Å². The van der Waals surface area contributed by atoms with Crippen molar-refractivity contribution in [3.63, 3.8) is 0 Å². The molecule has 2 amide bonds. The molecule has 2 heterocycles. The van der Waals surface area contributed by atoms with Gasteiger partial charge in [-0.2, -0.15) is 20.2 Å². The van der Waals surface area contributed by atoms with Crippen molar-refractivity contribution >= 4 is 40.6 Å². The Labute approximate surface area is 295 Å². The van der Waals surface area contributed by atoms with Gasteiger partial charge in [-0.3, -0.25) is 14.4 Å². The first-order chi connectivity index (χ1) is 24.2. The molecule has 1 aliphatic heterocycles. The van der Waals surface area contributed by atoms with E-state index >= 15 is 0 Å². The van der Waals surface area contributed by atoms with E-state index in [4.69, 9.17) is 15.0 Å². The number of carbonyl (C=O) groups excluding carboxylic acids is 3. The fourth-order valence-corrected chi connectivity index (χ4v) is 5.75. The molecule has 0 fully saturated rings. The molecule has 268 valence electrons. The number of fused-ring (bicyclic) bond motifs is 1. The number of azo groups is 1. The second-order valence-electron chi connectivity index (χ2n) is 12.4. The van der Waals surface area contributed by atoms with Gasteiger partial charge in [0.05, 0.1) is 12.1 Å². The molecule has 50 heavy (non-hydrogen) atoms. The number of nitrogens with one attached hydrogen (secondary N) is 3. The van der Waals surface area contributed by atoms with Gasteiger partial charge in [0, 0.05) is 30.8 Å². The lowest BCUT2D eigenvalue weighted by Gasteiger charge is -2.18. The van der Waals surface area contributed by atoms with Crippen LogP contribution in [0.1, 0.15) is 76.7 Å². The first-order valence-corrected chi connectivity index (χ1v) is 17.9. The number of unbranched alkanes of at least 4 members (excludes halogenated alkanes) is 1. The minimum absolute atomic E-state index is 0.0986. The number of hydrogen-bond donors (Lipinski definition) is 3. The second-order valence-corrected chi connectivity index (χ2v) is 12.4. The van der Waals surface area contributed by atoms with Gasteiger partial charge >= 0.3 is 0 Å². The van der Waals surface area contributed by atoms with Crippen LogP contribution < -0.4 is 16.0 Å². The Hall–Kier alpha value is -4.62. The Morgan fingerprint density at radius 2 is 1.56 bits per heavy atom.